The average Bonchev–Trinajstić information content (AvgIpc) is 2.72. The van der Waals surface area contributed by atoms with E-state index in [0.717, 1.165) is 31.1 Å². The molecule has 0 aliphatic carbocycles. The maximum Gasteiger partial charge on any atom is 0.295 e. The summed E-state index contributed by atoms with van der Waals surface area (Å²) in [5, 5.41) is 1.72. The second-order valence-corrected chi connectivity index (χ2v) is 9.96. The van der Waals surface area contributed by atoms with Crippen molar-refractivity contribution in [1.82, 2.24) is 0 Å². The Hall–Kier alpha value is -1.39. The van der Waals surface area contributed by atoms with Gasteiger partial charge in [0.15, 0.2) is 0 Å². The molecule has 0 aliphatic rings. The van der Waals surface area contributed by atoms with Crippen LogP contribution >= 0.6 is 0 Å². The fourth-order valence-corrected chi connectivity index (χ4v) is 5.06. The number of aryl methyl sites for hydroxylation is 2. The van der Waals surface area contributed by atoms with Crippen molar-refractivity contribution in [2.24, 2.45) is 0 Å². The predicted molar refractivity (Wildman–Crippen MR) is 128 cm³/mol. The summed E-state index contributed by atoms with van der Waals surface area (Å²) < 4.78 is 33.6. The van der Waals surface area contributed by atoms with E-state index in [1.54, 1.807) is 6.07 Å². The van der Waals surface area contributed by atoms with Crippen LogP contribution in [0.4, 0.5) is 0 Å². The van der Waals surface area contributed by atoms with E-state index in [1.165, 1.54) is 75.3 Å². The molecule has 0 atom stereocenters. The first kappa shape index (κ1) is 24.9. The third-order valence-electron chi connectivity index (χ3n) is 6.05. The Morgan fingerprint density at radius 3 is 1.70 bits per heavy atom. The van der Waals surface area contributed by atoms with E-state index in [9.17, 15) is 13.0 Å². The van der Waals surface area contributed by atoms with E-state index in [4.69, 9.17) is 0 Å². The summed E-state index contributed by atoms with van der Waals surface area (Å²) in [7, 11) is -4.23. The van der Waals surface area contributed by atoms with Gasteiger partial charge in [0.05, 0.1) is 0 Å². The molecule has 2 rings (SSSR count). The normalized spacial score (nSPS) is 12.0. The minimum absolute atomic E-state index is 0.0361. The van der Waals surface area contributed by atoms with Crippen LogP contribution in [0.3, 0.4) is 0 Å². The number of fused-ring (bicyclic) bond motifs is 1. The van der Waals surface area contributed by atoms with Crippen molar-refractivity contribution in [1.29, 1.82) is 0 Å². The van der Waals surface area contributed by atoms with Crippen molar-refractivity contribution < 1.29 is 13.0 Å². The van der Waals surface area contributed by atoms with E-state index in [-0.39, 0.29) is 4.90 Å². The lowest BCUT2D eigenvalue weighted by Gasteiger charge is -2.14. The average molecular weight is 433 g/mol. The molecule has 4 heteroatoms. The molecule has 30 heavy (non-hydrogen) atoms. The Morgan fingerprint density at radius 2 is 1.17 bits per heavy atom. The van der Waals surface area contributed by atoms with Crippen LogP contribution in [0.25, 0.3) is 10.8 Å². The number of hydrogen-bond acceptors (Lipinski definition) is 2. The van der Waals surface area contributed by atoms with E-state index < -0.39 is 10.1 Å². The number of unbranched alkanes of at least 4 members (excludes halogenated alkanes) is 10. The van der Waals surface area contributed by atoms with Gasteiger partial charge in [0.2, 0.25) is 0 Å². The molecule has 1 N–H and O–H groups in total. The van der Waals surface area contributed by atoms with Crippen molar-refractivity contribution >= 4 is 20.9 Å². The van der Waals surface area contributed by atoms with Gasteiger partial charge in [-0.15, -0.1) is 0 Å². The maximum atomic E-state index is 11.9. The molecule has 168 valence electrons. The second kappa shape index (κ2) is 13.1. The molecule has 3 nitrogen and oxygen atoms in total. The van der Waals surface area contributed by atoms with Crippen LogP contribution in [-0.2, 0) is 23.0 Å². The Labute approximate surface area is 184 Å². The maximum absolute atomic E-state index is 11.9. The zero-order chi connectivity index (χ0) is 21.8. The molecule has 0 heterocycles. The predicted octanol–water partition coefficient (Wildman–Crippen LogP) is 7.89. The molecular weight excluding hydrogens is 392 g/mol. The molecule has 0 unspecified atom stereocenters. The van der Waals surface area contributed by atoms with Gasteiger partial charge >= 0.3 is 0 Å². The monoisotopic (exact) mass is 432 g/mol. The Kier molecular flexibility index (Phi) is 10.9. The molecule has 0 saturated heterocycles. The first-order valence-corrected chi connectivity index (χ1v) is 13.4. The lowest BCUT2D eigenvalue weighted by molar-refractivity contribution is 0.484. The lowest BCUT2D eigenvalue weighted by Crippen LogP contribution is -2.02. The Balaban J connectivity index is 2.20. The van der Waals surface area contributed by atoms with E-state index in [1.807, 2.05) is 18.2 Å². The molecule has 0 spiro atoms. The highest BCUT2D eigenvalue weighted by atomic mass is 32.2. The van der Waals surface area contributed by atoms with Gasteiger partial charge < -0.3 is 0 Å². The largest absolute Gasteiger partial charge is 0.295 e. The van der Waals surface area contributed by atoms with Crippen LogP contribution in [0.2, 0.25) is 0 Å². The fourth-order valence-electron chi connectivity index (χ4n) is 4.37. The topological polar surface area (TPSA) is 54.4 Å². The summed E-state index contributed by atoms with van der Waals surface area (Å²) in [6.45, 7) is 4.46. The molecule has 2 aromatic carbocycles. The van der Waals surface area contributed by atoms with Crippen LogP contribution in [0, 0.1) is 0 Å². The lowest BCUT2D eigenvalue weighted by atomic mass is 9.93. The molecule has 0 fully saturated rings. The summed E-state index contributed by atoms with van der Waals surface area (Å²) in [6, 6.07) is 9.40. The summed E-state index contributed by atoms with van der Waals surface area (Å²) in [5.74, 6) is 0. The quantitative estimate of drug-likeness (QED) is 0.230. The van der Waals surface area contributed by atoms with Crippen LogP contribution in [0.15, 0.2) is 35.2 Å². The first-order chi connectivity index (χ1) is 14.5. The molecule has 0 amide bonds. The number of rotatable bonds is 15. The molecule has 0 aromatic heterocycles. The standard InChI is InChI=1S/C26H40O3S/c1-3-5-7-9-11-13-16-22-18-15-19-24-25(30(27,28)29)21-20-23(26(22)24)17-14-12-10-8-6-4-2/h15,18-21H,3-14,16-17H2,1-2H3,(H,27,28,29). The van der Waals surface area contributed by atoms with Crippen molar-refractivity contribution in [3.8, 4) is 0 Å². The summed E-state index contributed by atoms with van der Waals surface area (Å²) in [5.41, 5.74) is 2.43. The number of hydrogen-bond donors (Lipinski definition) is 1. The highest BCUT2D eigenvalue weighted by Crippen LogP contribution is 2.31. The van der Waals surface area contributed by atoms with Crippen LogP contribution in [0.5, 0.6) is 0 Å². The highest BCUT2D eigenvalue weighted by Gasteiger charge is 2.17. The summed E-state index contributed by atoms with van der Waals surface area (Å²) in [6.07, 6.45) is 16.8. The van der Waals surface area contributed by atoms with Crippen LogP contribution < -0.4 is 0 Å². The molecule has 0 saturated carbocycles. The van der Waals surface area contributed by atoms with Gasteiger partial charge in [-0.2, -0.15) is 8.42 Å². The third kappa shape index (κ3) is 7.70. The SMILES string of the molecule is CCCCCCCCc1cccc2c(S(=O)(=O)O)ccc(CCCCCCCC)c12. The zero-order valence-corrected chi connectivity index (χ0v) is 19.8. The zero-order valence-electron chi connectivity index (χ0n) is 19.0. The highest BCUT2D eigenvalue weighted by molar-refractivity contribution is 7.86. The smallest absolute Gasteiger partial charge is 0.282 e. The van der Waals surface area contributed by atoms with Gasteiger partial charge in [-0.1, -0.05) is 102 Å². The molecular formula is C26H40O3S. The van der Waals surface area contributed by atoms with Crippen LogP contribution in [-0.4, -0.2) is 13.0 Å². The fraction of sp³-hybridized carbons (Fsp3) is 0.615. The number of benzene rings is 2. The van der Waals surface area contributed by atoms with Gasteiger partial charge in [0.1, 0.15) is 4.90 Å². The van der Waals surface area contributed by atoms with Gasteiger partial charge in [-0.25, -0.2) is 0 Å². The third-order valence-corrected chi connectivity index (χ3v) is 6.96. The van der Waals surface area contributed by atoms with Crippen LogP contribution in [0.1, 0.15) is 102 Å². The molecule has 2 aromatic rings. The first-order valence-electron chi connectivity index (χ1n) is 12.0. The van der Waals surface area contributed by atoms with E-state index >= 15 is 0 Å². The van der Waals surface area contributed by atoms with Crippen molar-refractivity contribution in [2.75, 3.05) is 0 Å². The molecule has 0 bridgehead atoms. The van der Waals surface area contributed by atoms with Crippen molar-refractivity contribution in [3.05, 3.63) is 41.5 Å². The van der Waals surface area contributed by atoms with Gasteiger partial charge in [0.25, 0.3) is 10.1 Å². The molecule has 0 aliphatic heterocycles. The summed E-state index contributed by atoms with van der Waals surface area (Å²) in [4.78, 5) is 0.0361. The van der Waals surface area contributed by atoms with E-state index in [2.05, 4.69) is 19.9 Å². The van der Waals surface area contributed by atoms with Crippen molar-refractivity contribution in [2.45, 2.75) is 109 Å². The van der Waals surface area contributed by atoms with Gasteiger partial charge in [-0.05, 0) is 48.3 Å². The van der Waals surface area contributed by atoms with E-state index in [0.29, 0.717) is 5.39 Å². The van der Waals surface area contributed by atoms with Crippen molar-refractivity contribution in [3.63, 3.8) is 0 Å². The molecule has 0 radical (unpaired) electrons. The van der Waals surface area contributed by atoms with Gasteiger partial charge in [0, 0.05) is 5.39 Å². The minimum Gasteiger partial charge on any atom is -0.282 e. The van der Waals surface area contributed by atoms with Gasteiger partial charge in [-0.3, -0.25) is 4.55 Å². The Morgan fingerprint density at radius 1 is 0.667 bits per heavy atom. The Bertz CT molecular complexity index is 849. The summed E-state index contributed by atoms with van der Waals surface area (Å²) >= 11 is 0. The second-order valence-electron chi connectivity index (χ2n) is 8.57. The minimum atomic E-state index is -4.23.